The summed E-state index contributed by atoms with van der Waals surface area (Å²) in [5, 5.41) is 0. The van der Waals surface area contributed by atoms with Gasteiger partial charge in [0.25, 0.3) is 0 Å². The number of imide groups is 2. The summed E-state index contributed by atoms with van der Waals surface area (Å²) in [6, 6.07) is 1.27. The molecule has 0 aromatic carbocycles. The zero-order chi connectivity index (χ0) is 17.8. The van der Waals surface area contributed by atoms with E-state index in [2.05, 4.69) is 14.9 Å². The highest BCUT2D eigenvalue weighted by Crippen LogP contribution is 2.16. The van der Waals surface area contributed by atoms with Crippen LogP contribution in [0.25, 0.3) is 0 Å². The average Bonchev–Trinajstić information content (AvgIpc) is 2.85. The Kier molecular flexibility index (Phi) is 5.22. The maximum atomic E-state index is 12.3. The Bertz CT molecular complexity index is 645. The second-order valence-corrected chi connectivity index (χ2v) is 6.12. The number of hydrogen-bond acceptors (Lipinski definition) is 7. The van der Waals surface area contributed by atoms with Gasteiger partial charge in [-0.1, -0.05) is 13.3 Å². The van der Waals surface area contributed by atoms with Gasteiger partial charge in [-0.3, -0.25) is 19.4 Å². The Morgan fingerprint density at radius 3 is 2.24 bits per heavy atom. The topological polar surface area (TPSA) is 90.0 Å². The summed E-state index contributed by atoms with van der Waals surface area (Å²) in [5.41, 5.74) is 0. The van der Waals surface area contributed by atoms with Gasteiger partial charge in [0.1, 0.15) is 0 Å². The van der Waals surface area contributed by atoms with Crippen LogP contribution < -0.4 is 4.90 Å². The number of aromatic nitrogens is 2. The first-order chi connectivity index (χ1) is 12.1. The summed E-state index contributed by atoms with van der Waals surface area (Å²) < 4.78 is 0. The normalized spacial score (nSPS) is 19.2. The maximum absolute atomic E-state index is 12.3. The fourth-order valence-electron chi connectivity index (χ4n) is 2.93. The van der Waals surface area contributed by atoms with Crippen molar-refractivity contribution < 1.29 is 14.4 Å². The van der Waals surface area contributed by atoms with E-state index in [-0.39, 0.29) is 6.67 Å². The third kappa shape index (κ3) is 3.60. The summed E-state index contributed by atoms with van der Waals surface area (Å²) >= 11 is 0. The van der Waals surface area contributed by atoms with E-state index in [0.717, 1.165) is 16.2 Å². The Morgan fingerprint density at radius 2 is 1.60 bits per heavy atom. The number of piperazine rings is 1. The van der Waals surface area contributed by atoms with Gasteiger partial charge in [0.2, 0.25) is 5.95 Å². The van der Waals surface area contributed by atoms with Gasteiger partial charge < -0.3 is 4.90 Å². The Labute approximate surface area is 146 Å². The van der Waals surface area contributed by atoms with Crippen LogP contribution in [0.2, 0.25) is 0 Å². The van der Waals surface area contributed by atoms with Crippen LogP contribution >= 0.6 is 0 Å². The number of hydrogen-bond donors (Lipinski definition) is 0. The number of rotatable bonds is 6. The molecule has 2 saturated heterocycles. The molecule has 2 aliphatic heterocycles. The third-order valence-corrected chi connectivity index (χ3v) is 4.42. The molecule has 2 aliphatic rings. The summed E-state index contributed by atoms with van der Waals surface area (Å²) in [4.78, 5) is 51.0. The van der Waals surface area contributed by atoms with Gasteiger partial charge >= 0.3 is 17.8 Å². The van der Waals surface area contributed by atoms with Crippen molar-refractivity contribution in [1.82, 2.24) is 24.7 Å². The lowest BCUT2D eigenvalue weighted by molar-refractivity contribution is -0.144. The molecular weight excluding hydrogens is 324 g/mol. The number of amides is 4. The second kappa shape index (κ2) is 7.56. The summed E-state index contributed by atoms with van der Waals surface area (Å²) in [5.74, 6) is -0.763. The van der Waals surface area contributed by atoms with Crippen molar-refractivity contribution in [2.45, 2.75) is 19.8 Å². The van der Waals surface area contributed by atoms with E-state index in [1.54, 1.807) is 18.5 Å². The molecule has 25 heavy (non-hydrogen) atoms. The summed E-state index contributed by atoms with van der Waals surface area (Å²) in [7, 11) is 0. The second-order valence-electron chi connectivity index (χ2n) is 6.12. The average molecular weight is 346 g/mol. The first-order valence-corrected chi connectivity index (χ1v) is 8.53. The van der Waals surface area contributed by atoms with Crippen molar-refractivity contribution in [3.63, 3.8) is 0 Å². The molecule has 9 heteroatoms. The predicted octanol–water partition coefficient (Wildman–Crippen LogP) is 0.147. The van der Waals surface area contributed by atoms with Crippen LogP contribution in [0.5, 0.6) is 0 Å². The fourth-order valence-corrected chi connectivity index (χ4v) is 2.93. The first-order valence-electron chi connectivity index (χ1n) is 8.53. The van der Waals surface area contributed by atoms with Gasteiger partial charge in [0.05, 0.1) is 6.67 Å². The zero-order valence-electron chi connectivity index (χ0n) is 14.3. The van der Waals surface area contributed by atoms with Crippen LogP contribution in [-0.2, 0) is 9.59 Å². The number of nitrogens with zero attached hydrogens (tertiary/aromatic N) is 6. The molecule has 1 aromatic heterocycles. The molecule has 2 fully saturated rings. The molecule has 0 aliphatic carbocycles. The third-order valence-electron chi connectivity index (χ3n) is 4.42. The van der Waals surface area contributed by atoms with Crippen molar-refractivity contribution in [2.75, 3.05) is 44.3 Å². The monoisotopic (exact) mass is 346 g/mol. The Hall–Kier alpha value is -2.55. The first kappa shape index (κ1) is 17.3. The molecule has 0 saturated carbocycles. The highest BCUT2D eigenvalue weighted by Gasteiger charge is 2.44. The summed E-state index contributed by atoms with van der Waals surface area (Å²) in [6.45, 7) is 5.16. The minimum absolute atomic E-state index is 0.148. The van der Waals surface area contributed by atoms with Crippen LogP contribution in [0.4, 0.5) is 10.7 Å². The largest absolute Gasteiger partial charge is 0.338 e. The van der Waals surface area contributed by atoms with Crippen molar-refractivity contribution >= 4 is 23.8 Å². The Balaban J connectivity index is 1.56. The fraction of sp³-hybridized carbons (Fsp3) is 0.562. The SMILES string of the molecule is CCCCN1C(=O)C(=O)N(CN2CCN(c3ncccn3)CC2)C1=O. The molecule has 0 spiro atoms. The van der Waals surface area contributed by atoms with E-state index in [1.807, 2.05) is 11.8 Å². The van der Waals surface area contributed by atoms with Crippen LogP contribution in [0, 0.1) is 0 Å². The van der Waals surface area contributed by atoms with E-state index in [0.29, 0.717) is 45.1 Å². The van der Waals surface area contributed by atoms with Crippen LogP contribution in [0.15, 0.2) is 18.5 Å². The number of urea groups is 1. The molecule has 9 nitrogen and oxygen atoms in total. The van der Waals surface area contributed by atoms with Gasteiger partial charge in [0, 0.05) is 45.1 Å². The molecule has 0 unspecified atom stereocenters. The van der Waals surface area contributed by atoms with Gasteiger partial charge in [-0.2, -0.15) is 0 Å². The minimum atomic E-state index is -0.727. The molecule has 0 bridgehead atoms. The highest BCUT2D eigenvalue weighted by atomic mass is 16.2. The lowest BCUT2D eigenvalue weighted by Crippen LogP contribution is -2.51. The van der Waals surface area contributed by atoms with Crippen LogP contribution in [0.1, 0.15) is 19.8 Å². The Morgan fingerprint density at radius 1 is 0.960 bits per heavy atom. The molecule has 134 valence electrons. The lowest BCUT2D eigenvalue weighted by Gasteiger charge is -2.35. The smallest absolute Gasteiger partial charge is 0.335 e. The van der Waals surface area contributed by atoms with Crippen molar-refractivity contribution in [3.05, 3.63) is 18.5 Å². The molecule has 3 heterocycles. The number of unbranched alkanes of at least 4 members (excludes halogenated alkanes) is 1. The molecular formula is C16H22N6O3. The molecule has 0 N–H and O–H groups in total. The lowest BCUT2D eigenvalue weighted by atomic mass is 10.3. The molecule has 4 amide bonds. The van der Waals surface area contributed by atoms with Gasteiger partial charge in [0.15, 0.2) is 0 Å². The molecule has 3 rings (SSSR count). The van der Waals surface area contributed by atoms with E-state index in [1.165, 1.54) is 0 Å². The van der Waals surface area contributed by atoms with E-state index in [9.17, 15) is 14.4 Å². The zero-order valence-corrected chi connectivity index (χ0v) is 14.3. The number of carbonyl (C=O) groups is 3. The van der Waals surface area contributed by atoms with Crippen LogP contribution in [-0.4, -0.2) is 81.9 Å². The van der Waals surface area contributed by atoms with E-state index < -0.39 is 17.8 Å². The maximum Gasteiger partial charge on any atom is 0.335 e. The number of carbonyl (C=O) groups excluding carboxylic acids is 3. The van der Waals surface area contributed by atoms with Crippen molar-refractivity contribution in [1.29, 1.82) is 0 Å². The predicted molar refractivity (Wildman–Crippen MR) is 89.5 cm³/mol. The number of anilines is 1. The molecule has 0 atom stereocenters. The van der Waals surface area contributed by atoms with Gasteiger partial charge in [-0.15, -0.1) is 0 Å². The van der Waals surface area contributed by atoms with E-state index >= 15 is 0 Å². The van der Waals surface area contributed by atoms with Crippen molar-refractivity contribution in [3.8, 4) is 0 Å². The van der Waals surface area contributed by atoms with Gasteiger partial charge in [-0.05, 0) is 12.5 Å². The van der Waals surface area contributed by atoms with E-state index in [4.69, 9.17) is 0 Å². The minimum Gasteiger partial charge on any atom is -0.338 e. The quantitative estimate of drug-likeness (QED) is 0.535. The van der Waals surface area contributed by atoms with Crippen LogP contribution in [0.3, 0.4) is 0 Å². The van der Waals surface area contributed by atoms with Crippen molar-refractivity contribution in [2.24, 2.45) is 0 Å². The molecule has 0 radical (unpaired) electrons. The standard InChI is InChI=1S/C16H22N6O3/c1-2-3-7-21-13(23)14(24)22(16(21)25)12-19-8-10-20(11-9-19)15-17-5-4-6-18-15/h4-6H,2-3,7-12H2,1H3. The highest BCUT2D eigenvalue weighted by molar-refractivity contribution is 6.44. The molecule has 1 aromatic rings. The van der Waals surface area contributed by atoms with Gasteiger partial charge in [-0.25, -0.2) is 19.7 Å². The summed E-state index contributed by atoms with van der Waals surface area (Å²) in [6.07, 6.45) is 4.96.